The summed E-state index contributed by atoms with van der Waals surface area (Å²) in [5.74, 6) is -0.675. The van der Waals surface area contributed by atoms with Crippen molar-refractivity contribution in [3.05, 3.63) is 29.8 Å². The number of hydrogen-bond donors (Lipinski definition) is 0. The van der Waals surface area contributed by atoms with Gasteiger partial charge >= 0.3 is 5.97 Å². The standard InChI is InChI=1S/C13H13NO3/c1-8(15)11-13(2,12(16)17-3)9-6-4-5-7-10(9)14-11/h4-7H,1-3H3/t13-/m0/s1. The Labute approximate surface area is 99.3 Å². The summed E-state index contributed by atoms with van der Waals surface area (Å²) in [7, 11) is 1.31. The quantitative estimate of drug-likeness (QED) is 0.729. The number of esters is 1. The highest BCUT2D eigenvalue weighted by molar-refractivity contribution is 6.48. The summed E-state index contributed by atoms with van der Waals surface area (Å²) >= 11 is 0. The van der Waals surface area contributed by atoms with Crippen LogP contribution >= 0.6 is 0 Å². The molecule has 1 aromatic carbocycles. The predicted octanol–water partition coefficient (Wildman–Crippen LogP) is 1.79. The first kappa shape index (κ1) is 11.5. The van der Waals surface area contributed by atoms with Crippen molar-refractivity contribution in [1.82, 2.24) is 0 Å². The van der Waals surface area contributed by atoms with Crippen molar-refractivity contribution < 1.29 is 14.3 Å². The van der Waals surface area contributed by atoms with Gasteiger partial charge < -0.3 is 4.74 Å². The van der Waals surface area contributed by atoms with E-state index in [4.69, 9.17) is 4.74 Å². The number of fused-ring (bicyclic) bond motifs is 1. The van der Waals surface area contributed by atoms with Gasteiger partial charge in [-0.1, -0.05) is 18.2 Å². The third kappa shape index (κ3) is 1.48. The van der Waals surface area contributed by atoms with E-state index in [0.29, 0.717) is 5.69 Å². The largest absolute Gasteiger partial charge is 0.468 e. The van der Waals surface area contributed by atoms with E-state index in [-0.39, 0.29) is 11.5 Å². The number of hydrogen-bond acceptors (Lipinski definition) is 4. The number of Topliss-reactive ketones (excluding diaryl/α,β-unsaturated/α-hetero) is 1. The zero-order valence-corrected chi connectivity index (χ0v) is 9.98. The molecule has 0 fully saturated rings. The average molecular weight is 231 g/mol. The summed E-state index contributed by atoms with van der Waals surface area (Å²) in [4.78, 5) is 27.8. The van der Waals surface area contributed by atoms with E-state index < -0.39 is 11.4 Å². The minimum absolute atomic E-state index is 0.214. The van der Waals surface area contributed by atoms with Crippen LogP contribution in [0.5, 0.6) is 0 Å². The Morgan fingerprint density at radius 2 is 1.94 bits per heavy atom. The van der Waals surface area contributed by atoms with Crippen LogP contribution in [0.25, 0.3) is 0 Å². The maximum atomic E-state index is 12.0. The molecule has 1 atom stereocenters. The Kier molecular flexibility index (Phi) is 2.58. The van der Waals surface area contributed by atoms with Gasteiger partial charge in [0.2, 0.25) is 0 Å². The van der Waals surface area contributed by atoms with Gasteiger partial charge in [0.25, 0.3) is 0 Å². The average Bonchev–Trinajstić information content (AvgIpc) is 2.64. The van der Waals surface area contributed by atoms with Crippen molar-refractivity contribution in [2.75, 3.05) is 7.11 Å². The molecule has 0 bridgehead atoms. The van der Waals surface area contributed by atoms with Crippen LogP contribution in [0.4, 0.5) is 5.69 Å². The Morgan fingerprint density at radius 1 is 1.29 bits per heavy atom. The topological polar surface area (TPSA) is 55.7 Å². The van der Waals surface area contributed by atoms with E-state index in [2.05, 4.69) is 4.99 Å². The van der Waals surface area contributed by atoms with E-state index in [9.17, 15) is 9.59 Å². The number of carbonyl (C=O) groups excluding carboxylic acids is 2. The van der Waals surface area contributed by atoms with E-state index in [1.165, 1.54) is 14.0 Å². The number of ether oxygens (including phenoxy) is 1. The third-order valence-electron chi connectivity index (χ3n) is 3.08. The lowest BCUT2D eigenvalue weighted by molar-refractivity contribution is -0.144. The SMILES string of the molecule is COC(=O)[C@]1(C)C(C(C)=O)=Nc2ccccc21. The van der Waals surface area contributed by atoms with Crippen LogP contribution in [0.2, 0.25) is 0 Å². The smallest absolute Gasteiger partial charge is 0.322 e. The maximum Gasteiger partial charge on any atom is 0.322 e. The van der Waals surface area contributed by atoms with Gasteiger partial charge in [0, 0.05) is 12.5 Å². The van der Waals surface area contributed by atoms with E-state index in [1.807, 2.05) is 12.1 Å². The highest BCUT2D eigenvalue weighted by Crippen LogP contribution is 2.41. The first-order valence-corrected chi connectivity index (χ1v) is 5.30. The molecule has 1 aromatic rings. The molecule has 2 rings (SSSR count). The van der Waals surface area contributed by atoms with Crippen molar-refractivity contribution in [3.8, 4) is 0 Å². The van der Waals surface area contributed by atoms with E-state index in [0.717, 1.165) is 5.56 Å². The zero-order chi connectivity index (χ0) is 12.6. The number of carbonyl (C=O) groups is 2. The molecule has 0 saturated carbocycles. The van der Waals surface area contributed by atoms with Crippen LogP contribution in [-0.2, 0) is 19.7 Å². The van der Waals surface area contributed by atoms with Crippen molar-refractivity contribution in [1.29, 1.82) is 0 Å². The number of para-hydroxylation sites is 1. The molecular formula is C13H13NO3. The molecule has 1 heterocycles. The van der Waals surface area contributed by atoms with E-state index >= 15 is 0 Å². The molecule has 4 nitrogen and oxygen atoms in total. The Morgan fingerprint density at radius 3 is 2.53 bits per heavy atom. The number of ketones is 1. The van der Waals surface area contributed by atoms with Crippen molar-refractivity contribution in [3.63, 3.8) is 0 Å². The molecule has 0 saturated heterocycles. The number of aliphatic imine (C=N–C) groups is 1. The highest BCUT2D eigenvalue weighted by atomic mass is 16.5. The summed E-state index contributed by atoms with van der Waals surface area (Å²) in [6, 6.07) is 7.22. The second-order valence-corrected chi connectivity index (χ2v) is 4.15. The Bertz CT molecular complexity index is 533. The molecular weight excluding hydrogens is 218 g/mol. The van der Waals surface area contributed by atoms with Crippen LogP contribution in [-0.4, -0.2) is 24.6 Å². The van der Waals surface area contributed by atoms with Gasteiger partial charge in [-0.25, -0.2) is 4.99 Å². The van der Waals surface area contributed by atoms with Gasteiger partial charge in [-0.05, 0) is 13.0 Å². The van der Waals surface area contributed by atoms with Gasteiger partial charge in [-0.2, -0.15) is 0 Å². The van der Waals surface area contributed by atoms with Crippen LogP contribution in [0.15, 0.2) is 29.3 Å². The molecule has 4 heteroatoms. The minimum Gasteiger partial charge on any atom is -0.468 e. The molecule has 0 radical (unpaired) electrons. The lowest BCUT2D eigenvalue weighted by atomic mass is 9.78. The molecule has 0 aromatic heterocycles. The molecule has 0 spiro atoms. The van der Waals surface area contributed by atoms with Gasteiger partial charge in [-0.3, -0.25) is 9.59 Å². The van der Waals surface area contributed by atoms with Gasteiger partial charge in [0.1, 0.15) is 11.1 Å². The van der Waals surface area contributed by atoms with Gasteiger partial charge in [-0.15, -0.1) is 0 Å². The zero-order valence-electron chi connectivity index (χ0n) is 9.98. The fourth-order valence-electron chi connectivity index (χ4n) is 2.20. The fourth-order valence-corrected chi connectivity index (χ4v) is 2.20. The summed E-state index contributed by atoms with van der Waals surface area (Å²) in [5, 5.41) is 0. The number of methoxy groups -OCH3 is 1. The predicted molar refractivity (Wildman–Crippen MR) is 63.6 cm³/mol. The second kappa shape index (κ2) is 3.80. The summed E-state index contributed by atoms with van der Waals surface area (Å²) in [6.07, 6.45) is 0. The molecule has 88 valence electrons. The maximum absolute atomic E-state index is 12.0. The summed E-state index contributed by atoms with van der Waals surface area (Å²) in [6.45, 7) is 3.08. The monoisotopic (exact) mass is 231 g/mol. The molecule has 0 aliphatic carbocycles. The highest BCUT2D eigenvalue weighted by Gasteiger charge is 2.48. The molecule has 0 N–H and O–H groups in total. The normalized spacial score (nSPS) is 21.7. The number of benzene rings is 1. The Hall–Kier alpha value is -1.97. The van der Waals surface area contributed by atoms with Crippen molar-refractivity contribution in [2.24, 2.45) is 4.99 Å². The summed E-state index contributed by atoms with van der Waals surface area (Å²) in [5.41, 5.74) is 0.533. The van der Waals surface area contributed by atoms with Crippen LogP contribution in [0, 0.1) is 0 Å². The first-order chi connectivity index (χ1) is 8.01. The Balaban J connectivity index is 2.67. The van der Waals surface area contributed by atoms with Gasteiger partial charge in [0.05, 0.1) is 12.8 Å². The lowest BCUT2D eigenvalue weighted by Crippen LogP contribution is -2.42. The second-order valence-electron chi connectivity index (χ2n) is 4.15. The number of rotatable bonds is 2. The molecule has 0 amide bonds. The van der Waals surface area contributed by atoms with Crippen LogP contribution < -0.4 is 0 Å². The first-order valence-electron chi connectivity index (χ1n) is 5.30. The third-order valence-corrected chi connectivity index (χ3v) is 3.08. The van der Waals surface area contributed by atoms with Crippen LogP contribution in [0.3, 0.4) is 0 Å². The summed E-state index contributed by atoms with van der Waals surface area (Å²) < 4.78 is 4.80. The molecule has 17 heavy (non-hydrogen) atoms. The van der Waals surface area contributed by atoms with Gasteiger partial charge in [0.15, 0.2) is 5.78 Å². The van der Waals surface area contributed by atoms with Crippen LogP contribution in [0.1, 0.15) is 19.4 Å². The van der Waals surface area contributed by atoms with Crippen molar-refractivity contribution in [2.45, 2.75) is 19.3 Å². The number of nitrogens with zero attached hydrogens (tertiary/aromatic N) is 1. The lowest BCUT2D eigenvalue weighted by Gasteiger charge is -2.23. The molecule has 1 aliphatic heterocycles. The molecule has 1 aliphatic rings. The minimum atomic E-state index is -1.09. The molecule has 0 unspecified atom stereocenters. The van der Waals surface area contributed by atoms with E-state index in [1.54, 1.807) is 19.1 Å². The fraction of sp³-hybridized carbons (Fsp3) is 0.308. The van der Waals surface area contributed by atoms with Crippen molar-refractivity contribution >= 4 is 23.2 Å².